The van der Waals surface area contributed by atoms with Crippen molar-refractivity contribution in [2.24, 2.45) is 5.92 Å². The Bertz CT molecular complexity index is 484. The van der Waals surface area contributed by atoms with Crippen LogP contribution in [0.1, 0.15) is 18.4 Å². The van der Waals surface area contributed by atoms with Gasteiger partial charge in [-0.2, -0.15) is 5.26 Å². The van der Waals surface area contributed by atoms with E-state index in [1.54, 1.807) is 0 Å². The highest BCUT2D eigenvalue weighted by Crippen LogP contribution is 2.23. The molecule has 1 saturated heterocycles. The number of nitrogens with one attached hydrogen (secondary N) is 1. The molecule has 2 rings (SSSR count). The molecular formula is C15H19N3O2. The Morgan fingerprint density at radius 1 is 1.45 bits per heavy atom. The Morgan fingerprint density at radius 3 is 2.85 bits per heavy atom. The van der Waals surface area contributed by atoms with E-state index in [-0.39, 0.29) is 12.0 Å². The van der Waals surface area contributed by atoms with Crippen LogP contribution in [0.3, 0.4) is 0 Å². The standard InChI is InChI=1S/C15H19N3O2/c16-8-6-13-10-17-9-7-14(13)18(15(19)20)11-12-4-2-1-3-5-12/h1-5,13-14,17H,6-7,9-11H2,(H,19,20)/t13-,14+/m0/s1. The van der Waals surface area contributed by atoms with Crippen LogP contribution in [0.25, 0.3) is 0 Å². The van der Waals surface area contributed by atoms with Gasteiger partial charge in [0.1, 0.15) is 0 Å². The van der Waals surface area contributed by atoms with Gasteiger partial charge in [0.2, 0.25) is 0 Å². The summed E-state index contributed by atoms with van der Waals surface area (Å²) >= 11 is 0. The number of nitriles is 1. The van der Waals surface area contributed by atoms with Crippen LogP contribution in [-0.4, -0.2) is 35.2 Å². The fourth-order valence-corrected chi connectivity index (χ4v) is 2.75. The first-order valence-electron chi connectivity index (χ1n) is 6.83. The van der Waals surface area contributed by atoms with Crippen LogP contribution in [0.5, 0.6) is 0 Å². The number of nitrogens with zero attached hydrogens (tertiary/aromatic N) is 2. The summed E-state index contributed by atoms with van der Waals surface area (Å²) in [4.78, 5) is 13.1. The summed E-state index contributed by atoms with van der Waals surface area (Å²) in [6, 6.07) is 11.7. The summed E-state index contributed by atoms with van der Waals surface area (Å²) in [5.41, 5.74) is 0.976. The van der Waals surface area contributed by atoms with Gasteiger partial charge in [0.25, 0.3) is 0 Å². The van der Waals surface area contributed by atoms with Crippen molar-refractivity contribution in [1.82, 2.24) is 10.2 Å². The molecule has 1 amide bonds. The van der Waals surface area contributed by atoms with Gasteiger partial charge >= 0.3 is 6.09 Å². The third-order valence-corrected chi connectivity index (χ3v) is 3.76. The Kier molecular flexibility index (Phi) is 4.97. The van der Waals surface area contributed by atoms with Crippen LogP contribution >= 0.6 is 0 Å². The molecule has 0 spiro atoms. The number of benzene rings is 1. The van der Waals surface area contributed by atoms with E-state index in [1.165, 1.54) is 4.90 Å². The van der Waals surface area contributed by atoms with E-state index in [0.29, 0.717) is 19.5 Å². The Balaban J connectivity index is 2.14. The van der Waals surface area contributed by atoms with Crippen LogP contribution in [-0.2, 0) is 6.54 Å². The van der Waals surface area contributed by atoms with Gasteiger partial charge in [-0.05, 0) is 18.5 Å². The molecule has 0 aliphatic carbocycles. The van der Waals surface area contributed by atoms with Crippen molar-refractivity contribution >= 4 is 6.09 Å². The van der Waals surface area contributed by atoms with Crippen LogP contribution in [0.2, 0.25) is 0 Å². The number of carboxylic acid groups (broad SMARTS) is 1. The molecule has 1 aromatic carbocycles. The zero-order valence-electron chi connectivity index (χ0n) is 11.3. The molecule has 1 aliphatic heterocycles. The highest BCUT2D eigenvalue weighted by atomic mass is 16.4. The SMILES string of the molecule is N#CC[C@H]1CNCC[C@H]1N(Cc1ccccc1)C(=O)O. The lowest BCUT2D eigenvalue weighted by molar-refractivity contribution is 0.0865. The summed E-state index contributed by atoms with van der Waals surface area (Å²) in [5.74, 6) is 0.0635. The first-order valence-corrected chi connectivity index (χ1v) is 6.83. The minimum absolute atomic E-state index is 0.0635. The molecule has 1 heterocycles. The quantitative estimate of drug-likeness (QED) is 0.880. The molecule has 20 heavy (non-hydrogen) atoms. The van der Waals surface area contributed by atoms with Crippen LogP contribution in [0.15, 0.2) is 30.3 Å². The summed E-state index contributed by atoms with van der Waals surface area (Å²) in [7, 11) is 0. The van der Waals surface area contributed by atoms with E-state index in [1.807, 2.05) is 30.3 Å². The smallest absolute Gasteiger partial charge is 0.407 e. The summed E-state index contributed by atoms with van der Waals surface area (Å²) in [5, 5.41) is 21.6. The third-order valence-electron chi connectivity index (χ3n) is 3.76. The van der Waals surface area contributed by atoms with Gasteiger partial charge < -0.3 is 15.3 Å². The number of rotatable bonds is 4. The second-order valence-electron chi connectivity index (χ2n) is 5.08. The predicted molar refractivity (Wildman–Crippen MR) is 75.0 cm³/mol. The van der Waals surface area contributed by atoms with Crippen molar-refractivity contribution in [1.29, 1.82) is 5.26 Å². The lowest BCUT2D eigenvalue weighted by atomic mass is 9.89. The normalized spacial score (nSPS) is 21.9. The van der Waals surface area contributed by atoms with Crippen molar-refractivity contribution in [2.45, 2.75) is 25.4 Å². The van der Waals surface area contributed by atoms with Crippen molar-refractivity contribution in [2.75, 3.05) is 13.1 Å². The Hall–Kier alpha value is -2.06. The second-order valence-corrected chi connectivity index (χ2v) is 5.08. The zero-order chi connectivity index (χ0) is 14.4. The van der Waals surface area contributed by atoms with Gasteiger partial charge in [-0.15, -0.1) is 0 Å². The monoisotopic (exact) mass is 273 g/mol. The largest absolute Gasteiger partial charge is 0.465 e. The lowest BCUT2D eigenvalue weighted by Gasteiger charge is -2.38. The van der Waals surface area contributed by atoms with E-state index >= 15 is 0 Å². The molecule has 0 aromatic heterocycles. The molecule has 0 saturated carbocycles. The van der Waals surface area contributed by atoms with Crippen LogP contribution in [0.4, 0.5) is 4.79 Å². The van der Waals surface area contributed by atoms with Crippen molar-refractivity contribution in [3.63, 3.8) is 0 Å². The fourth-order valence-electron chi connectivity index (χ4n) is 2.75. The van der Waals surface area contributed by atoms with Gasteiger partial charge in [-0.3, -0.25) is 0 Å². The molecule has 0 unspecified atom stereocenters. The summed E-state index contributed by atoms with van der Waals surface area (Å²) in [6.45, 7) is 1.88. The average Bonchev–Trinajstić information content (AvgIpc) is 2.47. The highest BCUT2D eigenvalue weighted by molar-refractivity contribution is 5.65. The zero-order valence-corrected chi connectivity index (χ0v) is 11.3. The van der Waals surface area contributed by atoms with E-state index in [2.05, 4.69) is 11.4 Å². The third kappa shape index (κ3) is 3.49. The number of piperidine rings is 1. The average molecular weight is 273 g/mol. The van der Waals surface area contributed by atoms with E-state index in [4.69, 9.17) is 5.26 Å². The van der Waals surface area contributed by atoms with Gasteiger partial charge in [0.15, 0.2) is 0 Å². The molecule has 0 radical (unpaired) electrons. The van der Waals surface area contributed by atoms with E-state index in [0.717, 1.165) is 18.5 Å². The van der Waals surface area contributed by atoms with Crippen molar-refractivity contribution < 1.29 is 9.90 Å². The maximum atomic E-state index is 11.6. The van der Waals surface area contributed by atoms with Crippen LogP contribution < -0.4 is 5.32 Å². The predicted octanol–water partition coefficient (Wildman–Crippen LogP) is 2.06. The Labute approximate surface area is 118 Å². The summed E-state index contributed by atoms with van der Waals surface area (Å²) in [6.07, 6.45) is 0.227. The molecule has 1 aliphatic rings. The van der Waals surface area contributed by atoms with Gasteiger partial charge in [-0.25, -0.2) is 4.79 Å². The maximum Gasteiger partial charge on any atom is 0.407 e. The molecule has 2 N–H and O–H groups in total. The minimum atomic E-state index is -0.913. The first kappa shape index (κ1) is 14.4. The van der Waals surface area contributed by atoms with Crippen LogP contribution in [0, 0.1) is 17.2 Å². The first-order chi connectivity index (χ1) is 9.72. The van der Waals surface area contributed by atoms with Crippen molar-refractivity contribution in [3.05, 3.63) is 35.9 Å². The van der Waals surface area contributed by atoms with E-state index < -0.39 is 6.09 Å². The molecular weight excluding hydrogens is 254 g/mol. The van der Waals surface area contributed by atoms with Gasteiger partial charge in [-0.1, -0.05) is 30.3 Å². The highest BCUT2D eigenvalue weighted by Gasteiger charge is 2.32. The molecule has 0 bridgehead atoms. The molecule has 106 valence electrons. The minimum Gasteiger partial charge on any atom is -0.465 e. The number of hydrogen-bond acceptors (Lipinski definition) is 3. The number of hydrogen-bond donors (Lipinski definition) is 2. The van der Waals surface area contributed by atoms with E-state index in [9.17, 15) is 9.90 Å². The molecule has 5 nitrogen and oxygen atoms in total. The number of carbonyl (C=O) groups is 1. The fraction of sp³-hybridized carbons (Fsp3) is 0.467. The molecule has 1 aromatic rings. The molecule has 5 heteroatoms. The second kappa shape index (κ2) is 6.92. The van der Waals surface area contributed by atoms with Gasteiger partial charge in [0, 0.05) is 31.5 Å². The lowest BCUT2D eigenvalue weighted by Crippen LogP contribution is -2.51. The van der Waals surface area contributed by atoms with Crippen molar-refractivity contribution in [3.8, 4) is 6.07 Å². The molecule has 2 atom stereocenters. The Morgan fingerprint density at radius 2 is 2.20 bits per heavy atom. The van der Waals surface area contributed by atoms with Gasteiger partial charge in [0.05, 0.1) is 6.07 Å². The topological polar surface area (TPSA) is 76.4 Å². The molecule has 1 fully saturated rings. The number of amides is 1. The maximum absolute atomic E-state index is 11.6. The summed E-state index contributed by atoms with van der Waals surface area (Å²) < 4.78 is 0.